The first kappa shape index (κ1) is 15.4. The highest BCUT2D eigenvalue weighted by Gasteiger charge is 2.28. The summed E-state index contributed by atoms with van der Waals surface area (Å²) in [5.41, 5.74) is -3.20. The summed E-state index contributed by atoms with van der Waals surface area (Å²) in [5, 5.41) is 21.9. The molecule has 3 N–H and O–H groups in total. The van der Waals surface area contributed by atoms with E-state index in [2.05, 4.69) is 5.32 Å². The van der Waals surface area contributed by atoms with Gasteiger partial charge in [-0.1, -0.05) is 12.1 Å². The second-order valence-electron chi connectivity index (χ2n) is 4.21. The highest BCUT2D eigenvalue weighted by atomic mass is 32.2. The number of anilines is 1. The van der Waals surface area contributed by atoms with Crippen molar-refractivity contribution in [2.75, 3.05) is 5.32 Å². The minimum Gasteiger partial charge on any atom is -0.504 e. The predicted molar refractivity (Wildman–Crippen MR) is 75.5 cm³/mol. The van der Waals surface area contributed by atoms with Gasteiger partial charge in [0, 0.05) is 22.7 Å². The maximum atomic E-state index is 12.2. The molecule has 0 aliphatic rings. The molecule has 0 spiro atoms. The van der Waals surface area contributed by atoms with E-state index in [4.69, 9.17) is 0 Å². The first-order valence-electron chi connectivity index (χ1n) is 5.94. The zero-order valence-corrected chi connectivity index (χ0v) is 11.5. The van der Waals surface area contributed by atoms with Crippen molar-refractivity contribution in [1.82, 2.24) is 0 Å². The number of alkyl halides is 3. The number of hydrogen-bond acceptors (Lipinski definition) is 4. The summed E-state index contributed by atoms with van der Waals surface area (Å²) < 4.78 is 36.6. The van der Waals surface area contributed by atoms with E-state index in [9.17, 15) is 23.4 Å². The van der Waals surface area contributed by atoms with Crippen LogP contribution in [0.3, 0.4) is 0 Å². The lowest BCUT2D eigenvalue weighted by Crippen LogP contribution is -2.01. The van der Waals surface area contributed by atoms with Gasteiger partial charge in [0.1, 0.15) is 0 Å². The minimum absolute atomic E-state index is 0.105. The Morgan fingerprint density at radius 2 is 1.67 bits per heavy atom. The van der Waals surface area contributed by atoms with Gasteiger partial charge in [0.15, 0.2) is 11.5 Å². The van der Waals surface area contributed by atoms with Gasteiger partial charge >= 0.3 is 5.51 Å². The quantitative estimate of drug-likeness (QED) is 0.581. The van der Waals surface area contributed by atoms with Crippen LogP contribution < -0.4 is 5.32 Å². The molecule has 0 fully saturated rings. The van der Waals surface area contributed by atoms with E-state index in [1.54, 1.807) is 12.1 Å². The topological polar surface area (TPSA) is 52.5 Å². The first-order chi connectivity index (χ1) is 9.85. The monoisotopic (exact) mass is 315 g/mol. The Morgan fingerprint density at radius 3 is 2.29 bits per heavy atom. The molecule has 0 aliphatic carbocycles. The summed E-state index contributed by atoms with van der Waals surface area (Å²) in [4.78, 5) is 0.105. The number of aromatic hydroxyl groups is 2. The third-order valence-electron chi connectivity index (χ3n) is 2.67. The van der Waals surface area contributed by atoms with Crippen molar-refractivity contribution >= 4 is 17.4 Å². The molecule has 0 aromatic heterocycles. The van der Waals surface area contributed by atoms with Crippen LogP contribution in [0.2, 0.25) is 0 Å². The van der Waals surface area contributed by atoms with E-state index in [1.165, 1.54) is 30.3 Å². The van der Waals surface area contributed by atoms with Gasteiger partial charge in [-0.2, -0.15) is 13.2 Å². The second-order valence-corrected chi connectivity index (χ2v) is 5.35. The highest BCUT2D eigenvalue weighted by Crippen LogP contribution is 2.37. The van der Waals surface area contributed by atoms with Gasteiger partial charge < -0.3 is 15.5 Å². The number of hydrogen-bond donors (Lipinski definition) is 3. The zero-order valence-electron chi connectivity index (χ0n) is 10.7. The summed E-state index contributed by atoms with van der Waals surface area (Å²) in [7, 11) is 0. The normalized spacial score (nSPS) is 11.4. The fraction of sp³-hybridized carbons (Fsp3) is 0.143. The van der Waals surface area contributed by atoms with Crippen molar-refractivity contribution in [2.45, 2.75) is 16.9 Å². The van der Waals surface area contributed by atoms with E-state index in [1.807, 2.05) is 0 Å². The van der Waals surface area contributed by atoms with E-state index in [0.717, 1.165) is 0 Å². The molecule has 2 rings (SSSR count). The molecule has 2 aromatic rings. The van der Waals surface area contributed by atoms with Gasteiger partial charge in [-0.15, -0.1) is 0 Å². The molecule has 0 heterocycles. The molecule has 112 valence electrons. The van der Waals surface area contributed by atoms with Crippen LogP contribution in [0.1, 0.15) is 5.56 Å². The number of rotatable bonds is 4. The van der Waals surface area contributed by atoms with Gasteiger partial charge in [-0.05, 0) is 42.1 Å². The van der Waals surface area contributed by atoms with Gasteiger partial charge in [0.25, 0.3) is 0 Å². The maximum absolute atomic E-state index is 12.2. The SMILES string of the molecule is Oc1cccc(CNc2ccc(SC(F)(F)F)cc2)c1O. The molecule has 3 nitrogen and oxygen atoms in total. The Kier molecular flexibility index (Phi) is 4.52. The molecule has 0 atom stereocenters. The van der Waals surface area contributed by atoms with E-state index in [-0.39, 0.29) is 34.7 Å². The third-order valence-corrected chi connectivity index (χ3v) is 3.41. The van der Waals surface area contributed by atoms with Crippen molar-refractivity contribution < 1.29 is 23.4 Å². The Bertz CT molecular complexity index is 615. The fourth-order valence-corrected chi connectivity index (χ4v) is 2.23. The van der Waals surface area contributed by atoms with E-state index in [0.29, 0.717) is 11.3 Å². The van der Waals surface area contributed by atoms with E-state index < -0.39 is 5.51 Å². The lowest BCUT2D eigenvalue weighted by Gasteiger charge is -2.10. The molecule has 7 heteroatoms. The van der Waals surface area contributed by atoms with Crippen LogP contribution in [-0.2, 0) is 6.54 Å². The zero-order chi connectivity index (χ0) is 15.5. The van der Waals surface area contributed by atoms with Gasteiger partial charge in [0.2, 0.25) is 0 Å². The van der Waals surface area contributed by atoms with Gasteiger partial charge in [-0.25, -0.2) is 0 Å². The number of thioether (sulfide) groups is 1. The van der Waals surface area contributed by atoms with E-state index >= 15 is 0 Å². The molecule has 0 aliphatic heterocycles. The van der Waals surface area contributed by atoms with Crippen LogP contribution in [0.15, 0.2) is 47.4 Å². The predicted octanol–water partition coefficient (Wildman–Crippen LogP) is 4.32. The standard InChI is InChI=1S/C14H12F3NO2S/c15-14(16,17)21-11-6-4-10(5-7-11)18-8-9-2-1-3-12(19)13(9)20/h1-7,18-20H,8H2. The summed E-state index contributed by atoms with van der Waals surface area (Å²) in [5.74, 6) is -0.430. The molecule has 2 aromatic carbocycles. The highest BCUT2D eigenvalue weighted by molar-refractivity contribution is 8.00. The summed E-state index contributed by atoms with van der Waals surface area (Å²) in [6, 6.07) is 10.4. The Labute approximate surface area is 123 Å². The molecular formula is C14H12F3NO2S. The maximum Gasteiger partial charge on any atom is 0.446 e. The van der Waals surface area contributed by atoms with Crippen LogP contribution in [0.4, 0.5) is 18.9 Å². The minimum atomic E-state index is -4.30. The van der Waals surface area contributed by atoms with Crippen LogP contribution >= 0.6 is 11.8 Å². The fourth-order valence-electron chi connectivity index (χ4n) is 1.69. The van der Waals surface area contributed by atoms with Crippen molar-refractivity contribution in [3.05, 3.63) is 48.0 Å². The Morgan fingerprint density at radius 1 is 1.00 bits per heavy atom. The lowest BCUT2D eigenvalue weighted by atomic mass is 10.2. The number of halogens is 3. The lowest BCUT2D eigenvalue weighted by molar-refractivity contribution is -0.0328. The van der Waals surface area contributed by atoms with Crippen LogP contribution in [0.5, 0.6) is 11.5 Å². The molecule has 0 amide bonds. The number of para-hydroxylation sites is 1. The molecule has 0 radical (unpaired) electrons. The number of phenolic OH excluding ortho intramolecular Hbond substituents is 2. The molecule has 0 saturated carbocycles. The van der Waals surface area contributed by atoms with Gasteiger partial charge in [0.05, 0.1) is 0 Å². The average molecular weight is 315 g/mol. The van der Waals surface area contributed by atoms with Crippen molar-refractivity contribution in [2.24, 2.45) is 0 Å². The second kappa shape index (κ2) is 6.17. The molecular weight excluding hydrogens is 303 g/mol. The van der Waals surface area contributed by atoms with Crippen molar-refractivity contribution in [3.63, 3.8) is 0 Å². The molecule has 21 heavy (non-hydrogen) atoms. The van der Waals surface area contributed by atoms with Crippen LogP contribution in [0.25, 0.3) is 0 Å². The van der Waals surface area contributed by atoms with Crippen molar-refractivity contribution in [1.29, 1.82) is 0 Å². The smallest absolute Gasteiger partial charge is 0.446 e. The average Bonchev–Trinajstić information content (AvgIpc) is 2.40. The third kappa shape index (κ3) is 4.49. The molecule has 0 bridgehead atoms. The summed E-state index contributed by atoms with van der Waals surface area (Å²) >= 11 is -0.173. The number of benzene rings is 2. The van der Waals surface area contributed by atoms with Crippen LogP contribution in [0, 0.1) is 0 Å². The van der Waals surface area contributed by atoms with Gasteiger partial charge in [-0.3, -0.25) is 0 Å². The summed E-state index contributed by atoms with van der Waals surface area (Å²) in [6.07, 6.45) is 0. The number of nitrogens with one attached hydrogen (secondary N) is 1. The summed E-state index contributed by atoms with van der Waals surface area (Å²) in [6.45, 7) is 0.242. The largest absolute Gasteiger partial charge is 0.504 e. The molecule has 0 unspecified atom stereocenters. The Balaban J connectivity index is 1.99. The first-order valence-corrected chi connectivity index (χ1v) is 6.76. The number of phenols is 2. The Hall–Kier alpha value is -2.02. The van der Waals surface area contributed by atoms with Crippen molar-refractivity contribution in [3.8, 4) is 11.5 Å². The van der Waals surface area contributed by atoms with Crippen LogP contribution in [-0.4, -0.2) is 15.7 Å². The molecule has 0 saturated heterocycles.